The molecule has 0 radical (unpaired) electrons. The molecular formula is C43H71N5O9S. The average Bonchev–Trinajstić information content (AvgIpc) is 3.69. The number of phenolic OH excluding ortho intramolecular Hbond substituents is 1. The van der Waals surface area contributed by atoms with Crippen LogP contribution in [0.2, 0.25) is 0 Å². The first-order valence-electron chi connectivity index (χ1n) is 20.5. The number of phenols is 1. The van der Waals surface area contributed by atoms with Crippen molar-refractivity contribution >= 4 is 47.7 Å². The highest BCUT2D eigenvalue weighted by molar-refractivity contribution is 7.09. The molecule has 3 N–H and O–H groups in total. The van der Waals surface area contributed by atoms with Gasteiger partial charge in [-0.15, -0.1) is 11.3 Å². The van der Waals surface area contributed by atoms with Gasteiger partial charge in [-0.2, -0.15) is 0 Å². The molecule has 1 aromatic carbocycles. The minimum atomic E-state index is -0.823. The van der Waals surface area contributed by atoms with Crippen molar-refractivity contribution in [2.45, 2.75) is 131 Å². The highest BCUT2D eigenvalue weighted by atomic mass is 32.1. The topological polar surface area (TPSA) is 185 Å². The summed E-state index contributed by atoms with van der Waals surface area (Å²) in [6, 6.07) is 5.96. The number of carbonyl (C=O) groups excluding carboxylic acids is 6. The van der Waals surface area contributed by atoms with Crippen LogP contribution in [0.5, 0.6) is 5.75 Å². The number of amides is 2. The van der Waals surface area contributed by atoms with Gasteiger partial charge in [0, 0.05) is 37.6 Å². The molecule has 1 fully saturated rings. The van der Waals surface area contributed by atoms with Crippen LogP contribution in [0.4, 0.5) is 0 Å². The van der Waals surface area contributed by atoms with Crippen molar-refractivity contribution in [1.82, 2.24) is 25.4 Å². The van der Waals surface area contributed by atoms with Crippen molar-refractivity contribution in [3.05, 3.63) is 45.9 Å². The summed E-state index contributed by atoms with van der Waals surface area (Å²) in [5, 5.41) is 16.7. The zero-order chi connectivity index (χ0) is 44.0. The number of piperidine rings is 1. The maximum Gasteiger partial charge on any atom is 0.307 e. The van der Waals surface area contributed by atoms with Gasteiger partial charge in [-0.25, -0.2) is 4.98 Å². The van der Waals surface area contributed by atoms with E-state index in [2.05, 4.69) is 29.5 Å². The molecule has 2 amide bonds. The van der Waals surface area contributed by atoms with E-state index < -0.39 is 24.1 Å². The number of benzene rings is 1. The molecule has 0 spiro atoms. The molecule has 0 aliphatic carbocycles. The predicted molar refractivity (Wildman–Crippen MR) is 228 cm³/mol. The summed E-state index contributed by atoms with van der Waals surface area (Å²) in [7, 11) is 3.80. The summed E-state index contributed by atoms with van der Waals surface area (Å²) in [4.78, 5) is 79.7. The van der Waals surface area contributed by atoms with Crippen molar-refractivity contribution in [3.8, 4) is 5.75 Å². The molecule has 2 heterocycles. The highest BCUT2D eigenvalue weighted by Crippen LogP contribution is 2.26. The van der Waals surface area contributed by atoms with Crippen LogP contribution in [-0.4, -0.2) is 109 Å². The number of nitrogens with one attached hydrogen (secondary N) is 2. The fraction of sp³-hybridized carbons (Fsp3) is 0.651. The molecule has 58 heavy (non-hydrogen) atoms. The fourth-order valence-corrected chi connectivity index (χ4v) is 6.22. The van der Waals surface area contributed by atoms with E-state index in [1.165, 1.54) is 35.1 Å². The van der Waals surface area contributed by atoms with Crippen LogP contribution in [0.1, 0.15) is 133 Å². The Bertz CT molecular complexity index is 1450. The number of nitrogens with zero attached hydrogens (tertiary/aromatic N) is 3. The quantitative estimate of drug-likeness (QED) is 0.0780. The Hall–Kier alpha value is -4.21. The maximum absolute atomic E-state index is 13.9. The number of thiazole rings is 1. The summed E-state index contributed by atoms with van der Waals surface area (Å²) in [6.07, 6.45) is 7.31. The van der Waals surface area contributed by atoms with Crippen molar-refractivity contribution in [1.29, 1.82) is 0 Å². The standard InChI is InChI=1S/C27H42N4O7S.C7H8O.C6H13NO.C3H8/c1-6-10-23(34)37-17-31(14-12-22(38-19(4)33)26-28-20(15-32)16-39-26)27(36)24(18(3)7-2)29-25(35)21-11-8-9-13-30(21)5;1-6-2-4-7(8)5-3-6;1-6(5-8)3-4-7-2;1-3-2/h15-16,18,21-22,24H,6-14,17H2,1-5H3,(H,29,35);2-5,8H,1H3;5-7H,3-4H2,1-2H3;3H2,1-2H3/t18?,21-,22-,24?;;;/m1.../s1. The first-order chi connectivity index (χ1) is 27.6. The lowest BCUT2D eigenvalue weighted by Crippen LogP contribution is -2.57. The SMILES string of the molecule is CCC.CCCC(=O)OCN(CC[C@@H](OC(C)=O)c1nc(C=O)cs1)C(=O)C(NC(=O)[C@H]1CCCCN1C)C(C)CC.CNCCC(C)C=O.Cc1ccc(O)cc1. The first-order valence-corrected chi connectivity index (χ1v) is 21.4. The predicted octanol–water partition coefficient (Wildman–Crippen LogP) is 6.64. The molecule has 328 valence electrons. The largest absolute Gasteiger partial charge is 0.508 e. The number of ether oxygens (including phenoxy) is 2. The van der Waals surface area contributed by atoms with Gasteiger partial charge in [-0.05, 0) is 77.8 Å². The summed E-state index contributed by atoms with van der Waals surface area (Å²) < 4.78 is 10.8. The number of rotatable bonds is 19. The third-order valence-electron chi connectivity index (χ3n) is 9.02. The molecule has 0 bridgehead atoms. The Morgan fingerprint density at radius 3 is 2.22 bits per heavy atom. The lowest BCUT2D eigenvalue weighted by Gasteiger charge is -2.35. The molecule has 5 atom stereocenters. The summed E-state index contributed by atoms with van der Waals surface area (Å²) in [6.45, 7) is 16.6. The van der Waals surface area contributed by atoms with E-state index in [9.17, 15) is 28.8 Å². The Labute approximate surface area is 350 Å². The minimum absolute atomic E-state index is 0.0678. The Kier molecular flexibility index (Phi) is 29.4. The van der Waals surface area contributed by atoms with E-state index in [1.807, 2.05) is 65.7 Å². The first kappa shape index (κ1) is 53.8. The van der Waals surface area contributed by atoms with E-state index in [4.69, 9.17) is 14.6 Å². The number of aryl methyl sites for hydroxylation is 1. The van der Waals surface area contributed by atoms with Gasteiger partial charge in [-0.1, -0.05) is 78.5 Å². The maximum atomic E-state index is 13.9. The lowest BCUT2D eigenvalue weighted by atomic mass is 9.96. The molecule has 3 unspecified atom stereocenters. The number of likely N-dealkylation sites (tertiary alicyclic amines) is 1. The number of likely N-dealkylation sites (N-methyl/N-ethyl adjacent to an activating group) is 1. The molecule has 3 rings (SSSR count). The highest BCUT2D eigenvalue weighted by Gasteiger charge is 2.35. The molecule has 14 nitrogen and oxygen atoms in total. The summed E-state index contributed by atoms with van der Waals surface area (Å²) in [5.74, 6) is -1.18. The molecule has 1 saturated heterocycles. The number of hydrogen-bond acceptors (Lipinski definition) is 13. The van der Waals surface area contributed by atoms with Crippen LogP contribution in [0.15, 0.2) is 29.6 Å². The van der Waals surface area contributed by atoms with Gasteiger partial charge in [0.05, 0.1) is 6.04 Å². The van der Waals surface area contributed by atoms with Gasteiger partial charge in [0.1, 0.15) is 28.8 Å². The Morgan fingerprint density at radius 1 is 1.07 bits per heavy atom. The smallest absolute Gasteiger partial charge is 0.307 e. The summed E-state index contributed by atoms with van der Waals surface area (Å²) >= 11 is 1.18. The Morgan fingerprint density at radius 2 is 1.72 bits per heavy atom. The van der Waals surface area contributed by atoms with Crippen molar-refractivity contribution in [3.63, 3.8) is 0 Å². The number of esters is 2. The third-order valence-corrected chi connectivity index (χ3v) is 9.97. The van der Waals surface area contributed by atoms with E-state index in [1.54, 1.807) is 17.5 Å². The zero-order valence-electron chi connectivity index (χ0n) is 36.6. The van der Waals surface area contributed by atoms with Crippen molar-refractivity contribution < 1.29 is 43.3 Å². The van der Waals surface area contributed by atoms with E-state index in [-0.39, 0.29) is 61.5 Å². The second kappa shape index (κ2) is 31.7. The second-order valence-corrected chi connectivity index (χ2v) is 15.4. The van der Waals surface area contributed by atoms with Gasteiger partial charge in [-0.3, -0.25) is 28.9 Å². The fourth-order valence-electron chi connectivity index (χ4n) is 5.39. The van der Waals surface area contributed by atoms with Gasteiger partial charge >= 0.3 is 11.9 Å². The monoisotopic (exact) mass is 833 g/mol. The number of carbonyl (C=O) groups is 6. The van der Waals surface area contributed by atoms with Crippen LogP contribution < -0.4 is 10.6 Å². The molecule has 1 aromatic heterocycles. The van der Waals surface area contributed by atoms with Crippen LogP contribution in [0, 0.1) is 18.8 Å². The van der Waals surface area contributed by atoms with E-state index in [0.29, 0.717) is 29.9 Å². The van der Waals surface area contributed by atoms with Crippen molar-refractivity contribution in [2.24, 2.45) is 11.8 Å². The molecular weight excluding hydrogens is 763 g/mol. The number of aromatic hydroxyl groups is 1. The van der Waals surface area contributed by atoms with E-state index in [0.717, 1.165) is 45.1 Å². The zero-order valence-corrected chi connectivity index (χ0v) is 37.4. The third kappa shape index (κ3) is 22.7. The van der Waals surface area contributed by atoms with Gasteiger partial charge in [0.15, 0.2) is 19.1 Å². The average molecular weight is 834 g/mol. The molecule has 15 heteroatoms. The number of hydrogen-bond donors (Lipinski definition) is 3. The van der Waals surface area contributed by atoms with Gasteiger partial charge in [0.2, 0.25) is 11.8 Å². The number of aldehydes is 2. The Balaban J connectivity index is 0.00000139. The van der Waals surface area contributed by atoms with Gasteiger partial charge < -0.3 is 34.9 Å². The minimum Gasteiger partial charge on any atom is -0.508 e. The van der Waals surface area contributed by atoms with Crippen LogP contribution >= 0.6 is 11.3 Å². The van der Waals surface area contributed by atoms with Gasteiger partial charge in [0.25, 0.3) is 0 Å². The van der Waals surface area contributed by atoms with Crippen LogP contribution in [0.25, 0.3) is 0 Å². The molecule has 0 saturated carbocycles. The lowest BCUT2D eigenvalue weighted by molar-refractivity contribution is -0.156. The molecule has 1 aliphatic rings. The number of aromatic nitrogens is 1. The van der Waals surface area contributed by atoms with Crippen LogP contribution in [-0.2, 0) is 33.4 Å². The molecule has 2 aromatic rings. The summed E-state index contributed by atoms with van der Waals surface area (Å²) in [5.41, 5.74) is 1.39. The van der Waals surface area contributed by atoms with E-state index >= 15 is 0 Å². The normalized spacial score (nSPS) is 15.4. The molecule has 1 aliphatic heterocycles. The second-order valence-electron chi connectivity index (χ2n) is 14.5. The van der Waals surface area contributed by atoms with Crippen molar-refractivity contribution in [2.75, 3.05) is 40.5 Å². The van der Waals surface area contributed by atoms with Crippen LogP contribution in [0.3, 0.4) is 0 Å².